The minimum absolute atomic E-state index is 0.292. The summed E-state index contributed by atoms with van der Waals surface area (Å²) in [7, 11) is 4.93. The van der Waals surface area contributed by atoms with Gasteiger partial charge in [-0.1, -0.05) is 0 Å². The Labute approximate surface area is 107 Å². The summed E-state index contributed by atoms with van der Waals surface area (Å²) < 4.78 is 16.0. The molecule has 2 N–H and O–H groups in total. The van der Waals surface area contributed by atoms with Crippen molar-refractivity contribution in [2.45, 2.75) is 12.6 Å². The number of rotatable bonds is 5. The van der Waals surface area contributed by atoms with Gasteiger partial charge in [0, 0.05) is 37.8 Å². The van der Waals surface area contributed by atoms with Crippen LogP contribution in [0, 0.1) is 0 Å². The smallest absolute Gasteiger partial charge is 0.130 e. The largest absolute Gasteiger partial charge is 0.496 e. The molecule has 1 fully saturated rings. The summed E-state index contributed by atoms with van der Waals surface area (Å²) in [4.78, 5) is 2.26. The van der Waals surface area contributed by atoms with E-state index in [-0.39, 0.29) is 0 Å². The van der Waals surface area contributed by atoms with Crippen LogP contribution >= 0.6 is 0 Å². The fraction of sp³-hybridized carbons (Fsp3) is 0.538. The van der Waals surface area contributed by atoms with Crippen molar-refractivity contribution in [1.82, 2.24) is 4.90 Å². The highest BCUT2D eigenvalue weighted by molar-refractivity contribution is 5.50. The van der Waals surface area contributed by atoms with E-state index in [0.29, 0.717) is 6.04 Å². The van der Waals surface area contributed by atoms with Gasteiger partial charge < -0.3 is 19.9 Å². The summed E-state index contributed by atoms with van der Waals surface area (Å²) in [6.45, 7) is 2.61. The molecule has 1 heterocycles. The Kier molecular flexibility index (Phi) is 3.93. The molecule has 0 spiro atoms. The maximum absolute atomic E-state index is 5.79. The number of likely N-dealkylation sites (tertiary alicyclic amines) is 1. The van der Waals surface area contributed by atoms with Crippen LogP contribution in [0.4, 0.5) is 0 Å². The molecule has 0 radical (unpaired) electrons. The van der Waals surface area contributed by atoms with Crippen molar-refractivity contribution in [2.24, 2.45) is 5.73 Å². The molecular formula is C13H20N2O3. The molecule has 18 heavy (non-hydrogen) atoms. The molecule has 1 aliphatic heterocycles. The van der Waals surface area contributed by atoms with E-state index in [0.717, 1.165) is 42.4 Å². The topological polar surface area (TPSA) is 57.0 Å². The van der Waals surface area contributed by atoms with Crippen LogP contribution in [0.5, 0.6) is 17.2 Å². The van der Waals surface area contributed by atoms with E-state index in [4.69, 9.17) is 19.9 Å². The van der Waals surface area contributed by atoms with Gasteiger partial charge in [-0.15, -0.1) is 0 Å². The number of benzene rings is 1. The molecule has 0 atom stereocenters. The summed E-state index contributed by atoms with van der Waals surface area (Å²) in [6.07, 6.45) is 0. The number of hydrogen-bond acceptors (Lipinski definition) is 5. The molecular weight excluding hydrogens is 232 g/mol. The second kappa shape index (κ2) is 5.46. The number of nitrogens with two attached hydrogens (primary N) is 1. The molecule has 0 aliphatic carbocycles. The van der Waals surface area contributed by atoms with Gasteiger partial charge in [0.2, 0.25) is 0 Å². The highest BCUT2D eigenvalue weighted by Crippen LogP contribution is 2.35. The van der Waals surface area contributed by atoms with Crippen LogP contribution < -0.4 is 19.9 Å². The van der Waals surface area contributed by atoms with Crippen LogP contribution in [0.15, 0.2) is 12.1 Å². The maximum atomic E-state index is 5.79. The van der Waals surface area contributed by atoms with Gasteiger partial charge in [0.1, 0.15) is 17.2 Å². The van der Waals surface area contributed by atoms with Gasteiger partial charge in [0.25, 0.3) is 0 Å². The Morgan fingerprint density at radius 3 is 2.06 bits per heavy atom. The van der Waals surface area contributed by atoms with Crippen molar-refractivity contribution in [3.8, 4) is 17.2 Å². The normalized spacial score (nSPS) is 16.2. The van der Waals surface area contributed by atoms with Gasteiger partial charge in [0.05, 0.1) is 26.9 Å². The highest BCUT2D eigenvalue weighted by atomic mass is 16.5. The molecule has 1 aromatic rings. The van der Waals surface area contributed by atoms with E-state index in [2.05, 4.69) is 4.90 Å². The molecule has 100 valence electrons. The molecule has 1 aliphatic rings. The zero-order valence-corrected chi connectivity index (χ0v) is 11.1. The molecule has 1 aromatic carbocycles. The van der Waals surface area contributed by atoms with Crippen LogP contribution in [0.2, 0.25) is 0 Å². The standard InChI is InChI=1S/C13H20N2O3/c1-16-10-4-12(17-2)11(13(5-10)18-3)8-15-6-9(14)7-15/h4-5,9H,6-8,14H2,1-3H3. The third-order valence-electron chi connectivity index (χ3n) is 3.18. The predicted molar refractivity (Wildman–Crippen MR) is 69.4 cm³/mol. The lowest BCUT2D eigenvalue weighted by Gasteiger charge is -2.37. The molecule has 0 aromatic heterocycles. The average Bonchev–Trinajstić information content (AvgIpc) is 2.36. The molecule has 0 saturated carbocycles. The maximum Gasteiger partial charge on any atom is 0.130 e. The number of methoxy groups -OCH3 is 3. The monoisotopic (exact) mass is 252 g/mol. The molecule has 0 unspecified atom stereocenters. The Bertz CT molecular complexity index is 392. The molecule has 5 heteroatoms. The van der Waals surface area contributed by atoms with Gasteiger partial charge in [-0.05, 0) is 0 Å². The van der Waals surface area contributed by atoms with Crippen molar-refractivity contribution < 1.29 is 14.2 Å². The van der Waals surface area contributed by atoms with Crippen LogP contribution in [-0.2, 0) is 6.54 Å². The van der Waals surface area contributed by atoms with Gasteiger partial charge in [-0.2, -0.15) is 0 Å². The van der Waals surface area contributed by atoms with Crippen molar-refractivity contribution in [3.05, 3.63) is 17.7 Å². The average molecular weight is 252 g/mol. The Morgan fingerprint density at radius 1 is 1.11 bits per heavy atom. The van der Waals surface area contributed by atoms with Crippen LogP contribution in [-0.4, -0.2) is 45.4 Å². The lowest BCUT2D eigenvalue weighted by atomic mass is 10.1. The second-order valence-corrected chi connectivity index (χ2v) is 4.46. The first-order valence-corrected chi connectivity index (χ1v) is 5.94. The van der Waals surface area contributed by atoms with E-state index in [1.807, 2.05) is 12.1 Å². The van der Waals surface area contributed by atoms with Gasteiger partial charge in [-0.3, -0.25) is 4.90 Å². The number of hydrogen-bond donors (Lipinski definition) is 1. The third kappa shape index (κ3) is 2.52. The van der Waals surface area contributed by atoms with Crippen molar-refractivity contribution in [1.29, 1.82) is 0 Å². The van der Waals surface area contributed by atoms with Gasteiger partial charge >= 0.3 is 0 Å². The molecule has 1 saturated heterocycles. The summed E-state index contributed by atoms with van der Waals surface area (Å²) in [6, 6.07) is 4.04. The number of ether oxygens (including phenoxy) is 3. The summed E-state index contributed by atoms with van der Waals surface area (Å²) in [5, 5.41) is 0. The minimum atomic E-state index is 0.292. The van der Waals surface area contributed by atoms with Crippen molar-refractivity contribution >= 4 is 0 Å². The number of nitrogens with zero attached hydrogens (tertiary/aromatic N) is 1. The summed E-state index contributed by atoms with van der Waals surface area (Å²) >= 11 is 0. The van der Waals surface area contributed by atoms with Crippen LogP contribution in [0.25, 0.3) is 0 Å². The second-order valence-electron chi connectivity index (χ2n) is 4.46. The quantitative estimate of drug-likeness (QED) is 0.842. The molecule has 0 bridgehead atoms. The lowest BCUT2D eigenvalue weighted by Crippen LogP contribution is -2.54. The first-order chi connectivity index (χ1) is 8.67. The lowest BCUT2D eigenvalue weighted by molar-refractivity contribution is 0.139. The Morgan fingerprint density at radius 2 is 1.67 bits per heavy atom. The van der Waals surface area contributed by atoms with E-state index in [1.54, 1.807) is 21.3 Å². The predicted octanol–water partition coefficient (Wildman–Crippen LogP) is 0.855. The molecule has 5 nitrogen and oxygen atoms in total. The minimum Gasteiger partial charge on any atom is -0.496 e. The third-order valence-corrected chi connectivity index (χ3v) is 3.18. The zero-order chi connectivity index (χ0) is 13.1. The fourth-order valence-corrected chi connectivity index (χ4v) is 2.20. The van der Waals surface area contributed by atoms with E-state index in [9.17, 15) is 0 Å². The van der Waals surface area contributed by atoms with Gasteiger partial charge in [0.15, 0.2) is 0 Å². The van der Waals surface area contributed by atoms with E-state index >= 15 is 0 Å². The molecule has 0 amide bonds. The van der Waals surface area contributed by atoms with Gasteiger partial charge in [-0.25, -0.2) is 0 Å². The van der Waals surface area contributed by atoms with E-state index in [1.165, 1.54) is 0 Å². The van der Waals surface area contributed by atoms with Crippen molar-refractivity contribution in [3.63, 3.8) is 0 Å². The highest BCUT2D eigenvalue weighted by Gasteiger charge is 2.25. The Balaban J connectivity index is 2.25. The van der Waals surface area contributed by atoms with Crippen molar-refractivity contribution in [2.75, 3.05) is 34.4 Å². The first-order valence-electron chi connectivity index (χ1n) is 5.94. The van der Waals surface area contributed by atoms with Crippen LogP contribution in [0.1, 0.15) is 5.56 Å². The molecule has 2 rings (SSSR count). The zero-order valence-electron chi connectivity index (χ0n) is 11.1. The first kappa shape index (κ1) is 13.0. The summed E-state index contributed by atoms with van der Waals surface area (Å²) in [5.74, 6) is 2.30. The fourth-order valence-electron chi connectivity index (χ4n) is 2.20. The van der Waals surface area contributed by atoms with Crippen LogP contribution in [0.3, 0.4) is 0 Å². The van der Waals surface area contributed by atoms with E-state index < -0.39 is 0 Å². The summed E-state index contributed by atoms with van der Waals surface area (Å²) in [5.41, 5.74) is 6.82. The Hall–Kier alpha value is -1.46. The SMILES string of the molecule is COc1cc(OC)c(CN2CC(N)C2)c(OC)c1.